The van der Waals surface area contributed by atoms with E-state index in [-0.39, 0.29) is 5.54 Å². The third-order valence-corrected chi connectivity index (χ3v) is 5.22. The summed E-state index contributed by atoms with van der Waals surface area (Å²) in [5.74, 6) is 0. The second-order valence-corrected chi connectivity index (χ2v) is 8.45. The molecule has 0 aromatic carbocycles. The van der Waals surface area contributed by atoms with E-state index in [0.717, 1.165) is 39.0 Å². The number of likely N-dealkylation sites (tertiary alicyclic amines) is 1. The first-order valence-electron chi connectivity index (χ1n) is 7.96. The molecule has 0 saturated carbocycles. The highest BCUT2D eigenvalue weighted by Gasteiger charge is 2.20. The van der Waals surface area contributed by atoms with E-state index in [1.807, 2.05) is 18.4 Å². The van der Waals surface area contributed by atoms with E-state index >= 15 is 0 Å². The first-order valence-corrected chi connectivity index (χ1v) is 8.77. The summed E-state index contributed by atoms with van der Waals surface area (Å²) in [6, 6.07) is 2.39. The molecule has 1 saturated heterocycles. The van der Waals surface area contributed by atoms with Gasteiger partial charge in [-0.05, 0) is 52.2 Å². The van der Waals surface area contributed by atoms with Crippen molar-refractivity contribution in [2.45, 2.75) is 65.3 Å². The molecule has 2 heterocycles. The van der Waals surface area contributed by atoms with Crippen molar-refractivity contribution in [3.8, 4) is 0 Å². The number of methoxy groups -OCH3 is 1. The molecule has 0 unspecified atom stereocenters. The number of hydrogen-bond donors (Lipinski definition) is 1. The van der Waals surface area contributed by atoms with Gasteiger partial charge in [0.15, 0.2) is 0 Å². The van der Waals surface area contributed by atoms with Gasteiger partial charge in [-0.2, -0.15) is 0 Å². The van der Waals surface area contributed by atoms with Crippen molar-refractivity contribution < 1.29 is 4.74 Å². The Morgan fingerprint density at radius 3 is 2.57 bits per heavy atom. The Labute approximate surface area is 133 Å². The fraction of sp³-hybridized carbons (Fsp3) is 0.765. The van der Waals surface area contributed by atoms with Crippen molar-refractivity contribution in [1.29, 1.82) is 0 Å². The number of rotatable bonds is 5. The number of nitrogens with zero attached hydrogens (tertiary/aromatic N) is 1. The van der Waals surface area contributed by atoms with E-state index < -0.39 is 0 Å². The van der Waals surface area contributed by atoms with Gasteiger partial charge in [0, 0.05) is 48.6 Å². The van der Waals surface area contributed by atoms with E-state index in [2.05, 4.69) is 44.0 Å². The molecule has 1 aromatic heterocycles. The van der Waals surface area contributed by atoms with Gasteiger partial charge in [-0.25, -0.2) is 0 Å². The maximum Gasteiger partial charge on any atom is 0.0595 e. The smallest absolute Gasteiger partial charge is 0.0595 e. The van der Waals surface area contributed by atoms with Gasteiger partial charge in [0.05, 0.1) is 6.10 Å². The average Bonchev–Trinajstić information content (AvgIpc) is 2.77. The fourth-order valence-electron chi connectivity index (χ4n) is 2.73. The van der Waals surface area contributed by atoms with Gasteiger partial charge in [0.25, 0.3) is 0 Å². The van der Waals surface area contributed by atoms with Crippen molar-refractivity contribution in [1.82, 2.24) is 10.2 Å². The van der Waals surface area contributed by atoms with Crippen molar-refractivity contribution >= 4 is 11.3 Å². The Morgan fingerprint density at radius 1 is 1.33 bits per heavy atom. The minimum atomic E-state index is 0.181. The van der Waals surface area contributed by atoms with Gasteiger partial charge in [0.2, 0.25) is 0 Å². The molecule has 0 spiro atoms. The lowest BCUT2D eigenvalue weighted by atomic mass is 10.1. The molecule has 4 heteroatoms. The third-order valence-electron chi connectivity index (χ3n) is 4.13. The van der Waals surface area contributed by atoms with Gasteiger partial charge >= 0.3 is 0 Å². The van der Waals surface area contributed by atoms with E-state index in [1.54, 1.807) is 0 Å². The number of nitrogens with one attached hydrogen (secondary N) is 1. The van der Waals surface area contributed by atoms with Gasteiger partial charge in [0.1, 0.15) is 0 Å². The molecular weight excluding hydrogens is 280 g/mol. The quantitative estimate of drug-likeness (QED) is 0.900. The predicted molar refractivity (Wildman–Crippen MR) is 91.0 cm³/mol. The summed E-state index contributed by atoms with van der Waals surface area (Å²) < 4.78 is 5.45. The summed E-state index contributed by atoms with van der Waals surface area (Å²) in [5.41, 5.74) is 1.68. The van der Waals surface area contributed by atoms with Crippen LogP contribution >= 0.6 is 11.3 Å². The maximum atomic E-state index is 5.45. The lowest BCUT2D eigenvalue weighted by Gasteiger charge is -2.31. The minimum Gasteiger partial charge on any atom is -0.381 e. The molecular formula is C17H30N2OS. The molecule has 0 bridgehead atoms. The van der Waals surface area contributed by atoms with E-state index in [0.29, 0.717) is 6.10 Å². The zero-order valence-electron chi connectivity index (χ0n) is 14.2. The van der Waals surface area contributed by atoms with Crippen molar-refractivity contribution in [3.05, 3.63) is 21.4 Å². The molecule has 0 amide bonds. The molecule has 0 radical (unpaired) electrons. The summed E-state index contributed by atoms with van der Waals surface area (Å²) in [6.45, 7) is 13.3. The van der Waals surface area contributed by atoms with Gasteiger partial charge < -0.3 is 10.1 Å². The van der Waals surface area contributed by atoms with Gasteiger partial charge in [-0.1, -0.05) is 0 Å². The first kappa shape index (κ1) is 16.9. The Hall–Kier alpha value is -0.420. The molecule has 120 valence electrons. The molecule has 3 nitrogen and oxygen atoms in total. The summed E-state index contributed by atoms with van der Waals surface area (Å²) in [7, 11) is 1.83. The molecule has 0 aliphatic carbocycles. The summed E-state index contributed by atoms with van der Waals surface area (Å²) >= 11 is 1.93. The van der Waals surface area contributed by atoms with Crippen LogP contribution in [0.1, 0.15) is 48.9 Å². The molecule has 1 aromatic rings. The van der Waals surface area contributed by atoms with Crippen LogP contribution in [0.15, 0.2) is 6.07 Å². The summed E-state index contributed by atoms with van der Waals surface area (Å²) in [6.07, 6.45) is 2.80. The minimum absolute atomic E-state index is 0.181. The zero-order chi connectivity index (χ0) is 15.5. The molecule has 1 N–H and O–H groups in total. The highest BCUT2D eigenvalue weighted by atomic mass is 32.1. The zero-order valence-corrected chi connectivity index (χ0v) is 15.0. The number of hydrogen-bond acceptors (Lipinski definition) is 4. The topological polar surface area (TPSA) is 24.5 Å². The second-order valence-electron chi connectivity index (χ2n) is 7.11. The van der Waals surface area contributed by atoms with Crippen LogP contribution in [-0.2, 0) is 17.8 Å². The lowest BCUT2D eigenvalue weighted by Crippen LogP contribution is -2.36. The van der Waals surface area contributed by atoms with Crippen LogP contribution in [-0.4, -0.2) is 36.7 Å². The van der Waals surface area contributed by atoms with E-state index in [9.17, 15) is 0 Å². The van der Waals surface area contributed by atoms with E-state index in [4.69, 9.17) is 4.74 Å². The van der Waals surface area contributed by atoms with Crippen LogP contribution in [0.5, 0.6) is 0 Å². The second kappa shape index (κ2) is 7.23. The number of thiophene rings is 1. The standard InChI is InChI=1S/C17H30N2OS/c1-13-14(10-16(21-13)11-18-17(2,3)4)12-19-8-6-15(20-5)7-9-19/h10,15,18H,6-9,11-12H2,1-5H3. The van der Waals surface area contributed by atoms with Crippen LogP contribution < -0.4 is 5.32 Å². The lowest BCUT2D eigenvalue weighted by molar-refractivity contribution is 0.0388. The number of piperidine rings is 1. The molecule has 0 atom stereocenters. The fourth-order valence-corrected chi connectivity index (χ4v) is 3.72. The molecule has 2 rings (SSSR count). The number of aryl methyl sites for hydroxylation is 1. The van der Waals surface area contributed by atoms with Crippen LogP contribution in [0.3, 0.4) is 0 Å². The molecule has 21 heavy (non-hydrogen) atoms. The van der Waals surface area contributed by atoms with Gasteiger partial charge in [-0.3, -0.25) is 4.90 Å². The largest absolute Gasteiger partial charge is 0.381 e. The maximum absolute atomic E-state index is 5.45. The molecule has 1 fully saturated rings. The SMILES string of the molecule is COC1CCN(Cc2cc(CNC(C)(C)C)sc2C)CC1. The van der Waals surface area contributed by atoms with Crippen molar-refractivity contribution in [2.24, 2.45) is 0 Å². The van der Waals surface area contributed by atoms with Crippen LogP contribution in [0.25, 0.3) is 0 Å². The van der Waals surface area contributed by atoms with E-state index in [1.165, 1.54) is 15.3 Å². The third kappa shape index (κ3) is 5.37. The van der Waals surface area contributed by atoms with Crippen molar-refractivity contribution in [3.63, 3.8) is 0 Å². The summed E-state index contributed by atoms with van der Waals surface area (Å²) in [5, 5.41) is 3.58. The normalized spacial score (nSPS) is 18.3. The van der Waals surface area contributed by atoms with Crippen LogP contribution in [0.4, 0.5) is 0 Å². The summed E-state index contributed by atoms with van der Waals surface area (Å²) in [4.78, 5) is 5.48. The predicted octanol–water partition coefficient (Wildman–Crippen LogP) is 3.56. The monoisotopic (exact) mass is 310 g/mol. The molecule has 1 aliphatic rings. The molecule has 1 aliphatic heterocycles. The number of ether oxygens (including phenoxy) is 1. The Morgan fingerprint density at radius 2 is 2.00 bits per heavy atom. The average molecular weight is 311 g/mol. The highest BCUT2D eigenvalue weighted by Crippen LogP contribution is 2.25. The van der Waals surface area contributed by atoms with Gasteiger partial charge in [-0.15, -0.1) is 11.3 Å². The highest BCUT2D eigenvalue weighted by molar-refractivity contribution is 7.12. The van der Waals surface area contributed by atoms with Crippen LogP contribution in [0, 0.1) is 6.92 Å². The Balaban J connectivity index is 1.88. The Bertz CT molecular complexity index is 442. The van der Waals surface area contributed by atoms with Crippen molar-refractivity contribution in [2.75, 3.05) is 20.2 Å². The Kier molecular flexibility index (Phi) is 5.83. The first-order chi connectivity index (χ1) is 9.87. The van der Waals surface area contributed by atoms with Crippen LogP contribution in [0.2, 0.25) is 0 Å².